The molecule has 0 aliphatic carbocycles. The third kappa shape index (κ3) is 1.94. The number of aromatic nitrogens is 2. The van der Waals surface area contributed by atoms with Gasteiger partial charge in [0.1, 0.15) is 11.6 Å². The van der Waals surface area contributed by atoms with Crippen LogP contribution in [-0.4, -0.2) is 15.7 Å². The zero-order valence-corrected chi connectivity index (χ0v) is 9.28. The van der Waals surface area contributed by atoms with E-state index in [-0.39, 0.29) is 5.91 Å². The van der Waals surface area contributed by atoms with Gasteiger partial charge in [-0.05, 0) is 11.4 Å². The lowest BCUT2D eigenvalue weighted by atomic mass is 10.3. The van der Waals surface area contributed by atoms with Gasteiger partial charge in [0, 0.05) is 18.6 Å². The van der Waals surface area contributed by atoms with Crippen LogP contribution in [-0.2, 0) is 7.05 Å². The van der Waals surface area contributed by atoms with E-state index in [2.05, 4.69) is 10.4 Å². The largest absolute Gasteiger partial charge is 0.304 e. The molecule has 16 heavy (non-hydrogen) atoms. The Morgan fingerprint density at radius 1 is 1.69 bits per heavy atom. The summed E-state index contributed by atoms with van der Waals surface area (Å²) in [6.07, 6.45) is 1.56. The number of nitriles is 1. The Labute approximate surface area is 95.9 Å². The number of anilines is 1. The third-order valence-electron chi connectivity index (χ3n) is 1.96. The maximum atomic E-state index is 11.7. The minimum absolute atomic E-state index is 0.253. The van der Waals surface area contributed by atoms with Gasteiger partial charge in [-0.25, -0.2) is 0 Å². The Kier molecular flexibility index (Phi) is 2.70. The second-order valence-electron chi connectivity index (χ2n) is 3.14. The summed E-state index contributed by atoms with van der Waals surface area (Å²) in [5, 5.41) is 19.0. The number of hydrogen-bond acceptors (Lipinski definition) is 4. The second-order valence-corrected chi connectivity index (χ2v) is 3.92. The molecule has 0 unspecified atom stereocenters. The molecule has 6 heteroatoms. The van der Waals surface area contributed by atoms with E-state index in [0.717, 1.165) is 0 Å². The van der Waals surface area contributed by atoms with Gasteiger partial charge in [-0.15, -0.1) is 0 Å². The summed E-state index contributed by atoms with van der Waals surface area (Å²) < 4.78 is 1.49. The first kappa shape index (κ1) is 10.4. The highest BCUT2D eigenvalue weighted by atomic mass is 32.1. The van der Waals surface area contributed by atoms with Crippen molar-refractivity contribution < 1.29 is 4.79 Å². The van der Waals surface area contributed by atoms with Gasteiger partial charge in [0.15, 0.2) is 5.82 Å². The molecule has 0 saturated heterocycles. The summed E-state index contributed by atoms with van der Waals surface area (Å²) in [6.45, 7) is 0. The molecule has 0 radical (unpaired) electrons. The van der Waals surface area contributed by atoms with Gasteiger partial charge in [-0.1, -0.05) is 0 Å². The number of carbonyl (C=O) groups excluding carboxylic acids is 1. The van der Waals surface area contributed by atoms with E-state index in [1.807, 2.05) is 11.4 Å². The van der Waals surface area contributed by atoms with Crippen LogP contribution >= 0.6 is 11.3 Å². The molecule has 0 spiro atoms. The van der Waals surface area contributed by atoms with Crippen LogP contribution in [0.3, 0.4) is 0 Å². The van der Waals surface area contributed by atoms with Gasteiger partial charge in [0.05, 0.1) is 5.56 Å². The summed E-state index contributed by atoms with van der Waals surface area (Å²) in [5.74, 6) is 0.0395. The van der Waals surface area contributed by atoms with E-state index in [0.29, 0.717) is 16.9 Å². The quantitative estimate of drug-likeness (QED) is 0.855. The smallest absolute Gasteiger partial charge is 0.257 e. The molecule has 0 bridgehead atoms. The molecule has 2 rings (SSSR count). The average Bonchev–Trinajstić information content (AvgIpc) is 2.87. The Balaban J connectivity index is 2.22. The Morgan fingerprint density at radius 3 is 3.12 bits per heavy atom. The lowest BCUT2D eigenvalue weighted by Gasteiger charge is -1.99. The van der Waals surface area contributed by atoms with E-state index >= 15 is 0 Å². The zero-order valence-electron chi connectivity index (χ0n) is 8.47. The SMILES string of the molecule is Cn1cc(C#N)c(NC(=O)c2ccsc2)n1. The summed E-state index contributed by atoms with van der Waals surface area (Å²) in [4.78, 5) is 11.7. The molecule has 0 aliphatic rings. The zero-order chi connectivity index (χ0) is 11.5. The first-order chi connectivity index (χ1) is 7.70. The Hall–Kier alpha value is -2.13. The van der Waals surface area contributed by atoms with Gasteiger partial charge in [0.25, 0.3) is 5.91 Å². The van der Waals surface area contributed by atoms with Crippen LogP contribution in [0.4, 0.5) is 5.82 Å². The van der Waals surface area contributed by atoms with Gasteiger partial charge in [-0.3, -0.25) is 9.48 Å². The summed E-state index contributed by atoms with van der Waals surface area (Å²) in [7, 11) is 1.70. The van der Waals surface area contributed by atoms with Crippen molar-refractivity contribution in [2.45, 2.75) is 0 Å². The van der Waals surface area contributed by atoms with Crippen LogP contribution in [0.5, 0.6) is 0 Å². The lowest BCUT2D eigenvalue weighted by Crippen LogP contribution is -2.12. The molecule has 2 aromatic rings. The summed E-state index contributed by atoms with van der Waals surface area (Å²) >= 11 is 1.44. The highest BCUT2D eigenvalue weighted by Crippen LogP contribution is 2.13. The van der Waals surface area contributed by atoms with Gasteiger partial charge < -0.3 is 5.32 Å². The van der Waals surface area contributed by atoms with Gasteiger partial charge in [-0.2, -0.15) is 21.7 Å². The fourth-order valence-electron chi connectivity index (χ4n) is 1.24. The van der Waals surface area contributed by atoms with Crippen LogP contribution in [0.25, 0.3) is 0 Å². The van der Waals surface area contributed by atoms with Crippen molar-refractivity contribution in [3.63, 3.8) is 0 Å². The number of hydrogen-bond donors (Lipinski definition) is 1. The maximum Gasteiger partial charge on any atom is 0.257 e. The molecule has 0 fully saturated rings. The van der Waals surface area contributed by atoms with Crippen molar-refractivity contribution in [3.8, 4) is 6.07 Å². The number of amides is 1. The predicted octanol–water partition coefficient (Wildman–Crippen LogP) is 1.61. The fraction of sp³-hybridized carbons (Fsp3) is 0.100. The van der Waals surface area contributed by atoms with E-state index < -0.39 is 0 Å². The number of carbonyl (C=O) groups is 1. The van der Waals surface area contributed by atoms with Crippen LogP contribution in [0.15, 0.2) is 23.0 Å². The van der Waals surface area contributed by atoms with Crippen molar-refractivity contribution >= 4 is 23.1 Å². The van der Waals surface area contributed by atoms with Crippen molar-refractivity contribution in [3.05, 3.63) is 34.2 Å². The fourth-order valence-corrected chi connectivity index (χ4v) is 1.87. The van der Waals surface area contributed by atoms with Crippen LogP contribution < -0.4 is 5.32 Å². The van der Waals surface area contributed by atoms with Crippen molar-refractivity contribution in [2.24, 2.45) is 7.05 Å². The minimum Gasteiger partial charge on any atom is -0.304 e. The molecule has 1 N–H and O–H groups in total. The van der Waals surface area contributed by atoms with Crippen molar-refractivity contribution in [2.75, 3.05) is 5.32 Å². The molecule has 2 heterocycles. The molecular formula is C10H8N4OS. The normalized spacial score (nSPS) is 9.75. The van der Waals surface area contributed by atoms with Crippen molar-refractivity contribution in [1.29, 1.82) is 5.26 Å². The number of aryl methyl sites for hydroxylation is 1. The van der Waals surface area contributed by atoms with E-state index in [1.165, 1.54) is 16.0 Å². The molecule has 1 amide bonds. The molecule has 0 saturated carbocycles. The Bertz CT molecular complexity index is 550. The topological polar surface area (TPSA) is 70.7 Å². The highest BCUT2D eigenvalue weighted by Gasteiger charge is 2.12. The molecule has 0 aromatic carbocycles. The second kappa shape index (κ2) is 4.16. The maximum absolute atomic E-state index is 11.7. The first-order valence-corrected chi connectivity index (χ1v) is 5.42. The van der Waals surface area contributed by atoms with Crippen LogP contribution in [0.2, 0.25) is 0 Å². The summed E-state index contributed by atoms with van der Waals surface area (Å²) in [6, 6.07) is 3.69. The number of thiophene rings is 1. The number of nitrogens with zero attached hydrogens (tertiary/aromatic N) is 3. The first-order valence-electron chi connectivity index (χ1n) is 4.48. The summed E-state index contributed by atoms with van der Waals surface area (Å²) in [5.41, 5.74) is 0.922. The van der Waals surface area contributed by atoms with Crippen molar-refractivity contribution in [1.82, 2.24) is 9.78 Å². The standard InChI is InChI=1S/C10H8N4OS/c1-14-5-8(4-11)9(13-14)12-10(15)7-2-3-16-6-7/h2-3,5-6H,1H3,(H,12,13,15). The van der Waals surface area contributed by atoms with E-state index in [4.69, 9.17) is 5.26 Å². The Morgan fingerprint density at radius 2 is 2.50 bits per heavy atom. The molecule has 0 aliphatic heterocycles. The van der Waals surface area contributed by atoms with Crippen LogP contribution in [0.1, 0.15) is 15.9 Å². The minimum atomic E-state index is -0.253. The predicted molar refractivity (Wildman–Crippen MR) is 60.2 cm³/mol. The average molecular weight is 232 g/mol. The highest BCUT2D eigenvalue weighted by molar-refractivity contribution is 7.08. The lowest BCUT2D eigenvalue weighted by molar-refractivity contribution is 0.102. The molecule has 2 aromatic heterocycles. The van der Waals surface area contributed by atoms with E-state index in [1.54, 1.807) is 24.7 Å². The number of nitrogens with one attached hydrogen (secondary N) is 1. The van der Waals surface area contributed by atoms with Gasteiger partial charge in [0.2, 0.25) is 0 Å². The monoisotopic (exact) mass is 232 g/mol. The molecule has 5 nitrogen and oxygen atoms in total. The van der Waals surface area contributed by atoms with Gasteiger partial charge >= 0.3 is 0 Å². The van der Waals surface area contributed by atoms with E-state index in [9.17, 15) is 4.79 Å². The molecular weight excluding hydrogens is 224 g/mol. The molecule has 80 valence electrons. The van der Waals surface area contributed by atoms with Crippen LogP contribution in [0, 0.1) is 11.3 Å². The third-order valence-corrected chi connectivity index (χ3v) is 2.65. The number of rotatable bonds is 2. The molecule has 0 atom stereocenters.